The molecule has 11 heteroatoms. The maximum atomic E-state index is 13.4. The molecule has 218 valence electrons. The van der Waals surface area contributed by atoms with Crippen LogP contribution in [-0.4, -0.2) is 64.2 Å². The Kier molecular flexibility index (Phi) is 9.12. The summed E-state index contributed by atoms with van der Waals surface area (Å²) in [4.78, 5) is 26.0. The number of piperazine rings is 1. The van der Waals surface area contributed by atoms with Gasteiger partial charge in [-0.1, -0.05) is 35.6 Å². The molecule has 1 amide bonds. The first-order valence-corrected chi connectivity index (χ1v) is 14.7. The van der Waals surface area contributed by atoms with Crippen LogP contribution in [0.4, 0.5) is 20.7 Å². The Morgan fingerprint density at radius 3 is 2.67 bits per heavy atom. The third kappa shape index (κ3) is 7.88. The topological polar surface area (TPSA) is 79.8 Å². The molecule has 0 atom stereocenters. The Morgan fingerprint density at radius 2 is 1.93 bits per heavy atom. The van der Waals surface area contributed by atoms with Gasteiger partial charge < -0.3 is 19.7 Å². The van der Waals surface area contributed by atoms with Crippen molar-refractivity contribution in [2.45, 2.75) is 33.0 Å². The van der Waals surface area contributed by atoms with Gasteiger partial charge in [0.2, 0.25) is 0 Å². The zero-order chi connectivity index (χ0) is 29.7. The van der Waals surface area contributed by atoms with Crippen LogP contribution in [0.3, 0.4) is 0 Å². The monoisotopic (exact) mass is 607 g/mol. The first kappa shape index (κ1) is 29.6. The SMILES string of the molecule is CC(C)(C)OC(=O)N1CCN(CC#Cc2cc3ncnc(Nc4ccc(OCc5cccc(F)c5)c(Cl)c4)c3s2)CC1. The predicted molar refractivity (Wildman–Crippen MR) is 164 cm³/mol. The van der Waals surface area contributed by atoms with E-state index in [0.717, 1.165) is 33.9 Å². The van der Waals surface area contributed by atoms with Crippen molar-refractivity contribution in [3.63, 3.8) is 0 Å². The lowest BCUT2D eigenvalue weighted by Crippen LogP contribution is -2.50. The highest BCUT2D eigenvalue weighted by atomic mass is 35.5. The normalized spacial score (nSPS) is 13.9. The molecule has 2 aromatic heterocycles. The average Bonchev–Trinajstić information content (AvgIpc) is 3.36. The van der Waals surface area contributed by atoms with Crippen LogP contribution in [0, 0.1) is 17.7 Å². The number of nitrogens with zero attached hydrogens (tertiary/aromatic N) is 4. The summed E-state index contributed by atoms with van der Waals surface area (Å²) in [5.41, 5.74) is 1.76. The van der Waals surface area contributed by atoms with Crippen LogP contribution in [0.25, 0.3) is 10.2 Å². The minimum atomic E-state index is -0.497. The maximum absolute atomic E-state index is 13.4. The number of nitrogens with one attached hydrogen (secondary N) is 1. The lowest BCUT2D eigenvalue weighted by atomic mass is 10.2. The molecule has 4 aromatic rings. The fourth-order valence-electron chi connectivity index (χ4n) is 4.28. The van der Waals surface area contributed by atoms with Crippen LogP contribution < -0.4 is 10.1 Å². The number of aromatic nitrogens is 2. The van der Waals surface area contributed by atoms with Crippen molar-refractivity contribution >= 4 is 50.8 Å². The molecule has 1 aliphatic heterocycles. The summed E-state index contributed by atoms with van der Waals surface area (Å²) in [6.07, 6.45) is 1.24. The number of ether oxygens (including phenoxy) is 2. The zero-order valence-electron chi connectivity index (χ0n) is 23.6. The molecule has 0 aliphatic carbocycles. The highest BCUT2D eigenvalue weighted by molar-refractivity contribution is 7.20. The smallest absolute Gasteiger partial charge is 0.410 e. The number of fused-ring (bicyclic) bond motifs is 1. The molecule has 0 saturated carbocycles. The Morgan fingerprint density at radius 1 is 1.12 bits per heavy atom. The molecular weight excluding hydrogens is 577 g/mol. The Bertz CT molecular complexity index is 1640. The number of benzene rings is 2. The molecule has 0 bridgehead atoms. The quantitative estimate of drug-likeness (QED) is 0.244. The Balaban J connectivity index is 1.18. The van der Waals surface area contributed by atoms with Crippen LogP contribution in [0.5, 0.6) is 5.75 Å². The van der Waals surface area contributed by atoms with Crippen LogP contribution in [0.1, 0.15) is 31.2 Å². The summed E-state index contributed by atoms with van der Waals surface area (Å²) in [6.45, 7) is 9.17. The first-order chi connectivity index (χ1) is 20.1. The number of hydrogen-bond donors (Lipinski definition) is 1. The van der Waals surface area contributed by atoms with Gasteiger partial charge in [0.15, 0.2) is 5.82 Å². The maximum Gasteiger partial charge on any atom is 0.410 e. The van der Waals surface area contributed by atoms with Crippen LogP contribution in [0.2, 0.25) is 5.02 Å². The van der Waals surface area contributed by atoms with E-state index in [1.807, 2.05) is 32.9 Å². The second-order valence-corrected chi connectivity index (χ2v) is 12.2. The molecule has 2 aromatic carbocycles. The van der Waals surface area contributed by atoms with Crippen LogP contribution in [0.15, 0.2) is 54.9 Å². The van der Waals surface area contributed by atoms with Crippen molar-refractivity contribution in [2.75, 3.05) is 38.0 Å². The van der Waals surface area contributed by atoms with Crippen molar-refractivity contribution in [2.24, 2.45) is 0 Å². The third-order valence-corrected chi connectivity index (χ3v) is 7.67. The lowest BCUT2D eigenvalue weighted by molar-refractivity contribution is 0.0155. The number of thiophene rings is 1. The molecule has 5 rings (SSSR count). The standard InChI is InChI=1S/C31H31ClFN5O3S/c1-31(2,3)41-30(39)38-14-12-37(13-15-38)11-5-8-24-18-26-28(42-24)29(35-20-34-26)36-23-9-10-27(25(32)17-23)40-19-21-6-4-7-22(33)16-21/h4,6-7,9-10,16-18,20H,11-15,19H2,1-3H3,(H,34,35,36). The molecule has 1 aliphatic rings. The number of hydrogen-bond acceptors (Lipinski definition) is 8. The number of amides is 1. The molecule has 1 N–H and O–H groups in total. The summed E-state index contributed by atoms with van der Waals surface area (Å²) in [5.74, 6) is 7.35. The second kappa shape index (κ2) is 12.9. The molecular formula is C31H31ClFN5O3S. The summed E-state index contributed by atoms with van der Waals surface area (Å²) in [6, 6.07) is 13.6. The largest absolute Gasteiger partial charge is 0.487 e. The van der Waals surface area contributed by atoms with E-state index in [4.69, 9.17) is 21.1 Å². The van der Waals surface area contributed by atoms with Crippen molar-refractivity contribution in [3.05, 3.63) is 76.1 Å². The van der Waals surface area contributed by atoms with Crippen molar-refractivity contribution < 1.29 is 18.7 Å². The molecule has 0 spiro atoms. The number of carbonyl (C=O) groups excluding carboxylic acids is 1. The van der Waals surface area contributed by atoms with Crippen LogP contribution in [-0.2, 0) is 11.3 Å². The average molecular weight is 608 g/mol. The van der Waals surface area contributed by atoms with Gasteiger partial charge >= 0.3 is 6.09 Å². The zero-order valence-corrected chi connectivity index (χ0v) is 25.2. The van der Waals surface area contributed by atoms with Gasteiger partial charge in [-0.3, -0.25) is 4.90 Å². The molecule has 1 saturated heterocycles. The van der Waals surface area contributed by atoms with E-state index in [2.05, 4.69) is 32.0 Å². The molecule has 42 heavy (non-hydrogen) atoms. The summed E-state index contributed by atoms with van der Waals surface area (Å²) in [5, 5.41) is 3.74. The Labute approximate surface area is 253 Å². The third-order valence-electron chi connectivity index (χ3n) is 6.33. The number of halogens is 2. The van der Waals surface area contributed by atoms with Gasteiger partial charge in [0, 0.05) is 31.9 Å². The van der Waals surface area contributed by atoms with Gasteiger partial charge in [-0.15, -0.1) is 11.3 Å². The number of rotatable bonds is 6. The van der Waals surface area contributed by atoms with Gasteiger partial charge in [-0.05, 0) is 62.7 Å². The number of carbonyl (C=O) groups is 1. The fraction of sp³-hybridized carbons (Fsp3) is 0.323. The van der Waals surface area contributed by atoms with Gasteiger partial charge in [0.05, 0.1) is 26.7 Å². The van der Waals surface area contributed by atoms with Crippen molar-refractivity contribution in [3.8, 4) is 17.6 Å². The van der Waals surface area contributed by atoms with Gasteiger partial charge in [-0.2, -0.15) is 0 Å². The first-order valence-electron chi connectivity index (χ1n) is 13.5. The summed E-state index contributed by atoms with van der Waals surface area (Å²) >= 11 is 7.98. The van der Waals surface area contributed by atoms with E-state index < -0.39 is 5.60 Å². The lowest BCUT2D eigenvalue weighted by Gasteiger charge is -2.34. The van der Waals surface area contributed by atoms with Gasteiger partial charge in [-0.25, -0.2) is 19.2 Å². The minimum Gasteiger partial charge on any atom is -0.487 e. The van der Waals surface area contributed by atoms with Gasteiger partial charge in [0.1, 0.15) is 30.1 Å². The minimum absolute atomic E-state index is 0.206. The van der Waals surface area contributed by atoms with E-state index in [0.29, 0.717) is 41.8 Å². The molecule has 8 nitrogen and oxygen atoms in total. The van der Waals surface area contributed by atoms with E-state index in [9.17, 15) is 9.18 Å². The highest BCUT2D eigenvalue weighted by Crippen LogP contribution is 2.33. The summed E-state index contributed by atoms with van der Waals surface area (Å²) in [7, 11) is 0. The fourth-order valence-corrected chi connectivity index (χ4v) is 5.44. The molecule has 0 unspecified atom stereocenters. The highest BCUT2D eigenvalue weighted by Gasteiger charge is 2.25. The molecule has 1 fully saturated rings. The summed E-state index contributed by atoms with van der Waals surface area (Å²) < 4.78 is 25.6. The molecule has 3 heterocycles. The van der Waals surface area contributed by atoms with E-state index in [1.165, 1.54) is 29.8 Å². The number of anilines is 2. The second-order valence-electron chi connectivity index (χ2n) is 10.8. The van der Waals surface area contributed by atoms with Crippen molar-refractivity contribution in [1.82, 2.24) is 19.8 Å². The predicted octanol–water partition coefficient (Wildman–Crippen LogP) is 6.71. The van der Waals surface area contributed by atoms with E-state index in [1.54, 1.807) is 29.2 Å². The Hall–Kier alpha value is -3.91. The van der Waals surface area contributed by atoms with Crippen LogP contribution >= 0.6 is 22.9 Å². The van der Waals surface area contributed by atoms with Crippen molar-refractivity contribution in [1.29, 1.82) is 0 Å². The van der Waals surface area contributed by atoms with Gasteiger partial charge in [0.25, 0.3) is 0 Å². The van der Waals surface area contributed by atoms with E-state index in [-0.39, 0.29) is 18.5 Å². The van der Waals surface area contributed by atoms with E-state index >= 15 is 0 Å². The molecule has 0 radical (unpaired) electrons.